The van der Waals surface area contributed by atoms with Crippen LogP contribution in [0.4, 0.5) is 0 Å². The van der Waals surface area contributed by atoms with Gasteiger partial charge in [-0.15, -0.1) is 0 Å². The van der Waals surface area contributed by atoms with Gasteiger partial charge in [-0.2, -0.15) is 0 Å². The Labute approximate surface area is 134 Å². The molecule has 120 valence electrons. The summed E-state index contributed by atoms with van der Waals surface area (Å²) in [5, 5.41) is 21.7. The average molecular weight is 313 g/mol. The van der Waals surface area contributed by atoms with Crippen molar-refractivity contribution in [1.82, 2.24) is 5.32 Å². The summed E-state index contributed by atoms with van der Waals surface area (Å²) in [6, 6.07) is 16.8. The summed E-state index contributed by atoms with van der Waals surface area (Å²) >= 11 is 0. The number of carbonyl (C=O) groups excluding carboxylic acids is 1. The number of aliphatic hydroxyl groups is 1. The fourth-order valence-corrected chi connectivity index (χ4v) is 2.25. The lowest BCUT2D eigenvalue weighted by Gasteiger charge is -2.17. The van der Waals surface area contributed by atoms with Gasteiger partial charge in [0, 0.05) is 0 Å². The Morgan fingerprint density at radius 2 is 1.52 bits per heavy atom. The zero-order chi connectivity index (χ0) is 16.7. The average Bonchev–Trinajstić information content (AvgIpc) is 2.59. The van der Waals surface area contributed by atoms with E-state index < -0.39 is 24.0 Å². The van der Waals surface area contributed by atoms with Crippen LogP contribution in [0.15, 0.2) is 60.7 Å². The maximum absolute atomic E-state index is 12.0. The molecule has 1 amide bonds. The number of hydrogen-bond acceptors (Lipinski definition) is 3. The number of nitrogens with one attached hydrogen (secondary N) is 1. The standard InChI is InChI=1S/C18H19NO4/c20-16(14-9-5-2-6-10-14)17(21)19-15(18(22)23)12-11-13-7-3-1-4-8-13/h1-10,15-16,20H,11-12H2,(H,19,21)(H,22,23)/t15-,16-/m0/s1. The van der Waals surface area contributed by atoms with E-state index in [0.717, 1.165) is 5.56 Å². The van der Waals surface area contributed by atoms with Crippen molar-refractivity contribution < 1.29 is 19.8 Å². The first-order valence-electron chi connectivity index (χ1n) is 7.38. The van der Waals surface area contributed by atoms with Crippen molar-refractivity contribution in [3.05, 3.63) is 71.8 Å². The molecule has 0 aromatic heterocycles. The molecule has 0 unspecified atom stereocenters. The van der Waals surface area contributed by atoms with Gasteiger partial charge >= 0.3 is 5.97 Å². The van der Waals surface area contributed by atoms with E-state index in [4.69, 9.17) is 0 Å². The highest BCUT2D eigenvalue weighted by atomic mass is 16.4. The zero-order valence-corrected chi connectivity index (χ0v) is 12.6. The summed E-state index contributed by atoms with van der Waals surface area (Å²) in [7, 11) is 0. The molecule has 0 aliphatic rings. The molecule has 0 aliphatic carbocycles. The Kier molecular flexibility index (Phi) is 5.88. The van der Waals surface area contributed by atoms with Gasteiger partial charge < -0.3 is 15.5 Å². The summed E-state index contributed by atoms with van der Waals surface area (Å²) in [5.74, 6) is -1.83. The first-order chi connectivity index (χ1) is 11.1. The van der Waals surface area contributed by atoms with Gasteiger partial charge in [-0.3, -0.25) is 4.79 Å². The van der Waals surface area contributed by atoms with Crippen LogP contribution in [0.5, 0.6) is 0 Å². The summed E-state index contributed by atoms with van der Waals surface area (Å²) in [6.45, 7) is 0. The van der Waals surface area contributed by atoms with E-state index in [-0.39, 0.29) is 6.42 Å². The molecule has 0 bridgehead atoms. The third-order valence-electron chi connectivity index (χ3n) is 3.54. The Bertz CT molecular complexity index is 643. The first-order valence-corrected chi connectivity index (χ1v) is 7.38. The highest BCUT2D eigenvalue weighted by Crippen LogP contribution is 2.13. The van der Waals surface area contributed by atoms with Gasteiger partial charge in [-0.25, -0.2) is 4.79 Å². The molecule has 0 fully saturated rings. The number of aliphatic hydroxyl groups excluding tert-OH is 1. The highest BCUT2D eigenvalue weighted by Gasteiger charge is 2.24. The zero-order valence-electron chi connectivity index (χ0n) is 12.6. The van der Waals surface area contributed by atoms with Crippen LogP contribution < -0.4 is 5.32 Å². The maximum Gasteiger partial charge on any atom is 0.326 e. The number of carbonyl (C=O) groups is 2. The van der Waals surface area contributed by atoms with Crippen LogP contribution in [-0.2, 0) is 16.0 Å². The Morgan fingerprint density at radius 3 is 2.09 bits per heavy atom. The molecule has 2 rings (SSSR count). The quantitative estimate of drug-likeness (QED) is 0.729. The maximum atomic E-state index is 12.0. The highest BCUT2D eigenvalue weighted by molar-refractivity contribution is 5.86. The lowest BCUT2D eigenvalue weighted by molar-refractivity contribution is -0.143. The van der Waals surface area contributed by atoms with Crippen molar-refractivity contribution in [2.75, 3.05) is 0 Å². The number of amides is 1. The van der Waals surface area contributed by atoms with Gasteiger partial charge in [0.2, 0.25) is 0 Å². The van der Waals surface area contributed by atoms with E-state index in [1.165, 1.54) is 0 Å². The lowest BCUT2D eigenvalue weighted by atomic mass is 10.0. The SMILES string of the molecule is O=C(O)[C@H](CCc1ccccc1)NC(=O)[C@@H](O)c1ccccc1. The number of hydrogen-bond donors (Lipinski definition) is 3. The second-order valence-corrected chi connectivity index (χ2v) is 5.24. The molecule has 23 heavy (non-hydrogen) atoms. The van der Waals surface area contributed by atoms with E-state index >= 15 is 0 Å². The van der Waals surface area contributed by atoms with Crippen LogP contribution >= 0.6 is 0 Å². The molecule has 5 heteroatoms. The summed E-state index contributed by atoms with van der Waals surface area (Å²) in [6.07, 6.45) is -0.596. The molecular weight excluding hydrogens is 294 g/mol. The third-order valence-corrected chi connectivity index (χ3v) is 3.54. The van der Waals surface area contributed by atoms with Crippen molar-refractivity contribution in [1.29, 1.82) is 0 Å². The molecule has 0 saturated heterocycles. The smallest absolute Gasteiger partial charge is 0.326 e. The van der Waals surface area contributed by atoms with Crippen molar-refractivity contribution in [3.63, 3.8) is 0 Å². The van der Waals surface area contributed by atoms with Crippen LogP contribution in [0.25, 0.3) is 0 Å². The summed E-state index contributed by atoms with van der Waals surface area (Å²) in [5.41, 5.74) is 1.42. The fourth-order valence-electron chi connectivity index (χ4n) is 2.25. The van der Waals surface area contributed by atoms with Crippen molar-refractivity contribution in [2.24, 2.45) is 0 Å². The molecule has 2 aromatic rings. The minimum Gasteiger partial charge on any atom is -0.480 e. The second-order valence-electron chi connectivity index (χ2n) is 5.24. The van der Waals surface area contributed by atoms with Crippen LogP contribution in [0.3, 0.4) is 0 Å². The van der Waals surface area contributed by atoms with Gasteiger partial charge in [0.25, 0.3) is 5.91 Å². The molecule has 0 radical (unpaired) electrons. The lowest BCUT2D eigenvalue weighted by Crippen LogP contribution is -2.43. The predicted molar refractivity (Wildman–Crippen MR) is 85.7 cm³/mol. The third kappa shape index (κ3) is 4.93. The summed E-state index contributed by atoms with van der Waals surface area (Å²) < 4.78 is 0. The van der Waals surface area contributed by atoms with Gasteiger partial charge in [0.15, 0.2) is 6.10 Å². The fraction of sp³-hybridized carbons (Fsp3) is 0.222. The van der Waals surface area contributed by atoms with Crippen molar-refractivity contribution >= 4 is 11.9 Å². The predicted octanol–water partition coefficient (Wildman–Crippen LogP) is 1.92. The number of aliphatic carboxylic acids is 1. The molecule has 0 spiro atoms. The van der Waals surface area contributed by atoms with Gasteiger partial charge in [-0.05, 0) is 24.0 Å². The van der Waals surface area contributed by atoms with E-state index in [2.05, 4.69) is 5.32 Å². The summed E-state index contributed by atoms with van der Waals surface area (Å²) in [4.78, 5) is 23.4. The number of rotatable bonds is 7. The second kappa shape index (κ2) is 8.10. The number of carboxylic acid groups (broad SMARTS) is 1. The Hall–Kier alpha value is -2.66. The molecule has 0 saturated carbocycles. The van der Waals surface area contributed by atoms with Crippen LogP contribution in [-0.4, -0.2) is 28.1 Å². The molecule has 0 heterocycles. The Morgan fingerprint density at radius 1 is 0.957 bits per heavy atom. The normalized spacial score (nSPS) is 13.1. The molecular formula is C18H19NO4. The van der Waals surface area contributed by atoms with Gasteiger partial charge in [0.05, 0.1) is 0 Å². The van der Waals surface area contributed by atoms with Crippen LogP contribution in [0, 0.1) is 0 Å². The van der Waals surface area contributed by atoms with E-state index in [0.29, 0.717) is 12.0 Å². The van der Waals surface area contributed by atoms with Crippen molar-refractivity contribution in [3.8, 4) is 0 Å². The van der Waals surface area contributed by atoms with Crippen LogP contribution in [0.1, 0.15) is 23.7 Å². The minimum absolute atomic E-state index is 0.257. The molecule has 2 atom stereocenters. The largest absolute Gasteiger partial charge is 0.480 e. The molecule has 0 aliphatic heterocycles. The molecule has 5 nitrogen and oxygen atoms in total. The number of benzene rings is 2. The van der Waals surface area contributed by atoms with E-state index in [9.17, 15) is 19.8 Å². The first kappa shape index (κ1) is 16.7. The van der Waals surface area contributed by atoms with E-state index in [1.54, 1.807) is 30.3 Å². The molecule has 3 N–H and O–H groups in total. The Balaban J connectivity index is 1.96. The number of aryl methyl sites for hydroxylation is 1. The van der Waals surface area contributed by atoms with Gasteiger partial charge in [0.1, 0.15) is 6.04 Å². The van der Waals surface area contributed by atoms with Crippen LogP contribution in [0.2, 0.25) is 0 Å². The van der Waals surface area contributed by atoms with Gasteiger partial charge in [-0.1, -0.05) is 60.7 Å². The topological polar surface area (TPSA) is 86.6 Å². The minimum atomic E-state index is -1.38. The molecule has 2 aromatic carbocycles. The monoisotopic (exact) mass is 313 g/mol. The number of carboxylic acids is 1. The van der Waals surface area contributed by atoms with E-state index in [1.807, 2.05) is 30.3 Å². The van der Waals surface area contributed by atoms with Crippen molar-refractivity contribution in [2.45, 2.75) is 25.0 Å².